The molecule has 5 nitrogen and oxygen atoms in total. The van der Waals surface area contributed by atoms with Crippen molar-refractivity contribution in [2.24, 2.45) is 0 Å². The number of hydrogen-bond acceptors (Lipinski definition) is 4. The van der Waals surface area contributed by atoms with Crippen LogP contribution in [0.4, 0.5) is 0 Å². The van der Waals surface area contributed by atoms with Gasteiger partial charge in [-0.3, -0.25) is 4.79 Å². The van der Waals surface area contributed by atoms with Crippen LogP contribution in [-0.2, 0) is 4.79 Å². The van der Waals surface area contributed by atoms with Crippen molar-refractivity contribution in [3.05, 3.63) is 53.3 Å². The molecule has 1 fully saturated rings. The number of nitrogens with zero attached hydrogens (tertiary/aromatic N) is 2. The van der Waals surface area contributed by atoms with E-state index in [1.165, 1.54) is 13.3 Å². The summed E-state index contributed by atoms with van der Waals surface area (Å²) >= 11 is 0. The van der Waals surface area contributed by atoms with E-state index < -0.39 is 0 Å². The average Bonchev–Trinajstić information content (AvgIpc) is 2.57. The first kappa shape index (κ1) is 17.0. The van der Waals surface area contributed by atoms with E-state index in [9.17, 15) is 4.79 Å². The van der Waals surface area contributed by atoms with Gasteiger partial charge in [0, 0.05) is 24.9 Å². The molecule has 1 aromatic carbocycles. The molecule has 1 aromatic heterocycles. The number of hydrogen-bond donors (Lipinski definition) is 1. The lowest BCUT2D eigenvalue weighted by Crippen LogP contribution is -2.25. The van der Waals surface area contributed by atoms with Crippen LogP contribution in [0, 0.1) is 11.8 Å². The van der Waals surface area contributed by atoms with Crippen LogP contribution in [0.15, 0.2) is 36.7 Å². The Balaban J connectivity index is 1.61. The third kappa shape index (κ3) is 4.80. The highest BCUT2D eigenvalue weighted by atomic mass is 16.5. The molecule has 1 heterocycles. The second-order valence-electron chi connectivity index (χ2n) is 6.22. The Morgan fingerprint density at radius 2 is 1.80 bits per heavy atom. The SMILES string of the molecule is CC(=O)N[C@@H](C)c1ccc(C#Cc2cnc(OC3CCC3)nc2)cc1. The Labute approximate surface area is 147 Å². The molecule has 0 bridgehead atoms. The molecule has 0 aliphatic heterocycles. The van der Waals surface area contributed by atoms with E-state index in [1.807, 2.05) is 31.2 Å². The monoisotopic (exact) mass is 335 g/mol. The minimum Gasteiger partial charge on any atom is -0.460 e. The molecule has 0 unspecified atom stereocenters. The Bertz CT molecular complexity index is 784. The van der Waals surface area contributed by atoms with Gasteiger partial charge in [-0.25, -0.2) is 9.97 Å². The highest BCUT2D eigenvalue weighted by molar-refractivity contribution is 5.73. The molecular formula is C20H21N3O2. The summed E-state index contributed by atoms with van der Waals surface area (Å²) in [7, 11) is 0. The quantitative estimate of drug-likeness (QED) is 0.873. The fourth-order valence-corrected chi connectivity index (χ4v) is 2.47. The maximum atomic E-state index is 11.1. The number of benzene rings is 1. The van der Waals surface area contributed by atoms with Crippen LogP contribution in [0.25, 0.3) is 0 Å². The molecule has 5 heteroatoms. The fraction of sp³-hybridized carbons (Fsp3) is 0.350. The van der Waals surface area contributed by atoms with Crippen molar-refractivity contribution in [2.75, 3.05) is 0 Å². The van der Waals surface area contributed by atoms with Crippen LogP contribution in [0.2, 0.25) is 0 Å². The summed E-state index contributed by atoms with van der Waals surface area (Å²) in [6, 6.07) is 8.22. The first-order valence-electron chi connectivity index (χ1n) is 8.48. The van der Waals surface area contributed by atoms with Gasteiger partial charge >= 0.3 is 6.01 Å². The van der Waals surface area contributed by atoms with Crippen molar-refractivity contribution in [1.82, 2.24) is 15.3 Å². The summed E-state index contributed by atoms with van der Waals surface area (Å²) in [5.41, 5.74) is 2.69. The van der Waals surface area contributed by atoms with E-state index in [-0.39, 0.29) is 18.1 Å². The fourth-order valence-electron chi connectivity index (χ4n) is 2.47. The molecule has 0 saturated heterocycles. The molecule has 1 aliphatic carbocycles. The number of carbonyl (C=O) groups is 1. The topological polar surface area (TPSA) is 64.1 Å². The zero-order valence-electron chi connectivity index (χ0n) is 14.5. The molecule has 1 N–H and O–H groups in total. The van der Waals surface area contributed by atoms with Crippen LogP contribution in [0.1, 0.15) is 55.8 Å². The minimum absolute atomic E-state index is 0.0175. The van der Waals surface area contributed by atoms with Gasteiger partial charge in [-0.1, -0.05) is 24.0 Å². The minimum atomic E-state index is -0.0406. The smallest absolute Gasteiger partial charge is 0.316 e. The van der Waals surface area contributed by atoms with E-state index in [0.29, 0.717) is 6.01 Å². The van der Waals surface area contributed by atoms with Crippen LogP contribution in [-0.4, -0.2) is 22.0 Å². The molecule has 3 rings (SSSR count). The standard InChI is InChI=1S/C20H21N3O2/c1-14(23-15(2)24)18-10-8-16(9-11-18)6-7-17-12-21-20(22-13-17)25-19-4-3-5-19/h8-14,19H,3-5H2,1-2H3,(H,23,24)/t14-/m0/s1. The average molecular weight is 335 g/mol. The van der Waals surface area contributed by atoms with Gasteiger partial charge in [0.05, 0.1) is 11.6 Å². The maximum Gasteiger partial charge on any atom is 0.316 e. The maximum absolute atomic E-state index is 11.1. The molecule has 1 atom stereocenters. The second kappa shape index (κ2) is 7.80. The number of nitrogens with one attached hydrogen (secondary N) is 1. The Kier molecular flexibility index (Phi) is 5.30. The zero-order valence-corrected chi connectivity index (χ0v) is 14.5. The highest BCUT2D eigenvalue weighted by Crippen LogP contribution is 2.22. The van der Waals surface area contributed by atoms with Gasteiger partial charge in [0.2, 0.25) is 5.91 Å². The lowest BCUT2D eigenvalue weighted by molar-refractivity contribution is -0.119. The molecule has 1 aliphatic rings. The lowest BCUT2D eigenvalue weighted by Gasteiger charge is -2.24. The van der Waals surface area contributed by atoms with Gasteiger partial charge in [0.1, 0.15) is 6.10 Å². The summed E-state index contributed by atoms with van der Waals surface area (Å²) < 4.78 is 5.63. The molecule has 1 amide bonds. The molecule has 25 heavy (non-hydrogen) atoms. The van der Waals surface area contributed by atoms with E-state index in [2.05, 4.69) is 27.1 Å². The van der Waals surface area contributed by atoms with Crippen molar-refractivity contribution in [3.8, 4) is 17.9 Å². The van der Waals surface area contributed by atoms with E-state index >= 15 is 0 Å². The lowest BCUT2D eigenvalue weighted by atomic mass is 9.96. The number of ether oxygens (including phenoxy) is 1. The Morgan fingerprint density at radius 3 is 2.36 bits per heavy atom. The van der Waals surface area contributed by atoms with Gasteiger partial charge in [0.15, 0.2) is 0 Å². The summed E-state index contributed by atoms with van der Waals surface area (Å²) in [4.78, 5) is 19.5. The van der Waals surface area contributed by atoms with Gasteiger partial charge in [-0.2, -0.15) is 0 Å². The van der Waals surface area contributed by atoms with Crippen molar-refractivity contribution < 1.29 is 9.53 Å². The first-order chi connectivity index (χ1) is 12.1. The number of amides is 1. The molecule has 1 saturated carbocycles. The van der Waals surface area contributed by atoms with Crippen molar-refractivity contribution in [1.29, 1.82) is 0 Å². The normalized spacial score (nSPS) is 14.6. The van der Waals surface area contributed by atoms with Crippen molar-refractivity contribution in [3.63, 3.8) is 0 Å². The van der Waals surface area contributed by atoms with E-state index in [0.717, 1.165) is 29.5 Å². The first-order valence-corrected chi connectivity index (χ1v) is 8.48. The molecule has 0 spiro atoms. The number of carbonyl (C=O) groups excluding carboxylic acids is 1. The summed E-state index contributed by atoms with van der Waals surface area (Å²) in [5.74, 6) is 6.10. The third-order valence-electron chi connectivity index (χ3n) is 4.13. The van der Waals surface area contributed by atoms with Crippen LogP contribution < -0.4 is 10.1 Å². The predicted octanol–water partition coefficient (Wildman–Crippen LogP) is 3.00. The number of aromatic nitrogens is 2. The van der Waals surface area contributed by atoms with Gasteiger partial charge in [-0.05, 0) is 43.9 Å². The third-order valence-corrected chi connectivity index (χ3v) is 4.13. The molecular weight excluding hydrogens is 314 g/mol. The van der Waals surface area contributed by atoms with E-state index in [1.54, 1.807) is 12.4 Å². The highest BCUT2D eigenvalue weighted by Gasteiger charge is 2.19. The van der Waals surface area contributed by atoms with E-state index in [4.69, 9.17) is 4.74 Å². The second-order valence-corrected chi connectivity index (χ2v) is 6.22. The summed E-state index contributed by atoms with van der Waals surface area (Å²) in [5, 5.41) is 2.86. The Hall–Kier alpha value is -2.87. The van der Waals surface area contributed by atoms with Crippen molar-refractivity contribution >= 4 is 5.91 Å². The molecule has 128 valence electrons. The Morgan fingerprint density at radius 1 is 1.16 bits per heavy atom. The van der Waals surface area contributed by atoms with Crippen LogP contribution in [0.5, 0.6) is 6.01 Å². The molecule has 0 radical (unpaired) electrons. The van der Waals surface area contributed by atoms with Crippen molar-refractivity contribution in [2.45, 2.75) is 45.3 Å². The van der Waals surface area contributed by atoms with Crippen LogP contribution in [0.3, 0.4) is 0 Å². The zero-order chi connectivity index (χ0) is 17.6. The van der Waals surface area contributed by atoms with Gasteiger partial charge in [-0.15, -0.1) is 0 Å². The molecule has 2 aromatic rings. The summed E-state index contributed by atoms with van der Waals surface area (Å²) in [6.07, 6.45) is 7.03. The van der Waals surface area contributed by atoms with Gasteiger partial charge < -0.3 is 10.1 Å². The summed E-state index contributed by atoms with van der Waals surface area (Å²) in [6.45, 7) is 3.47. The number of rotatable bonds is 4. The predicted molar refractivity (Wildman–Crippen MR) is 95.0 cm³/mol. The van der Waals surface area contributed by atoms with Gasteiger partial charge in [0.25, 0.3) is 0 Å². The van der Waals surface area contributed by atoms with Crippen LogP contribution >= 0.6 is 0 Å². The largest absolute Gasteiger partial charge is 0.460 e.